The van der Waals surface area contributed by atoms with Crippen LogP contribution in [0.5, 0.6) is 11.5 Å². The summed E-state index contributed by atoms with van der Waals surface area (Å²) < 4.78 is 38.1. The van der Waals surface area contributed by atoms with Crippen molar-refractivity contribution in [2.75, 3.05) is 6.61 Å². The van der Waals surface area contributed by atoms with Crippen LogP contribution in [0, 0.1) is 0 Å². The lowest BCUT2D eigenvalue weighted by molar-refractivity contribution is -0.178. The highest BCUT2D eigenvalue weighted by Gasteiger charge is 2.46. The molecule has 0 heterocycles. The van der Waals surface area contributed by atoms with Gasteiger partial charge in [0.25, 0.3) is 0 Å². The molecule has 1 N–H and O–H groups in total. The fourth-order valence-corrected chi connectivity index (χ4v) is 1.90. The molecule has 0 aliphatic heterocycles. The molecule has 2 rings (SSSR count). The molecule has 1 unspecified atom stereocenters. The third-order valence-corrected chi connectivity index (χ3v) is 3.07. The normalized spacial score (nSPS) is 12.5. The van der Waals surface area contributed by atoms with Gasteiger partial charge < -0.3 is 14.6 Å². The minimum absolute atomic E-state index is 0.0875. The number of esters is 1. The maximum Gasteiger partial charge on any atom is 0.341 e. The van der Waals surface area contributed by atoms with Crippen LogP contribution in [0.3, 0.4) is 0 Å². The Bertz CT molecular complexity index is 641. The highest BCUT2D eigenvalue weighted by atomic mass is 19.3. The van der Waals surface area contributed by atoms with Crippen LogP contribution in [-0.2, 0) is 15.5 Å². The Labute approximate surface area is 132 Å². The lowest BCUT2D eigenvalue weighted by Gasteiger charge is -2.21. The summed E-state index contributed by atoms with van der Waals surface area (Å²) in [6, 6.07) is 13.7. The Morgan fingerprint density at radius 3 is 2.22 bits per heavy atom. The SMILES string of the molecule is CCOC(=O)C(O)C(F)(F)c1ccc(Oc2ccccc2)cc1. The Hall–Kier alpha value is -2.47. The van der Waals surface area contributed by atoms with E-state index >= 15 is 0 Å². The summed E-state index contributed by atoms with van der Waals surface area (Å²) in [5.74, 6) is -4.18. The fraction of sp³-hybridized carbons (Fsp3) is 0.235. The van der Waals surface area contributed by atoms with Crippen LogP contribution in [0.4, 0.5) is 8.78 Å². The van der Waals surface area contributed by atoms with Crippen LogP contribution in [0.1, 0.15) is 12.5 Å². The van der Waals surface area contributed by atoms with Gasteiger partial charge >= 0.3 is 11.9 Å². The first-order valence-corrected chi connectivity index (χ1v) is 7.01. The Balaban J connectivity index is 2.13. The van der Waals surface area contributed by atoms with Gasteiger partial charge in [-0.15, -0.1) is 0 Å². The first-order valence-electron chi connectivity index (χ1n) is 7.01. The van der Waals surface area contributed by atoms with Crippen molar-refractivity contribution in [3.05, 3.63) is 60.2 Å². The molecule has 0 radical (unpaired) electrons. The minimum atomic E-state index is -3.75. The maximum atomic E-state index is 14.1. The smallest absolute Gasteiger partial charge is 0.341 e. The van der Waals surface area contributed by atoms with Crippen molar-refractivity contribution in [1.82, 2.24) is 0 Å². The number of aliphatic hydroxyl groups excluding tert-OH is 1. The quantitative estimate of drug-likeness (QED) is 0.827. The van der Waals surface area contributed by atoms with Crippen molar-refractivity contribution in [2.45, 2.75) is 19.0 Å². The van der Waals surface area contributed by atoms with Gasteiger partial charge in [0.05, 0.1) is 6.61 Å². The van der Waals surface area contributed by atoms with Gasteiger partial charge in [0, 0.05) is 5.56 Å². The number of alkyl halides is 2. The molecule has 0 aromatic heterocycles. The van der Waals surface area contributed by atoms with Crippen LogP contribution < -0.4 is 4.74 Å². The predicted molar refractivity (Wildman–Crippen MR) is 79.5 cm³/mol. The molecule has 0 amide bonds. The summed E-state index contributed by atoms with van der Waals surface area (Å²) in [7, 11) is 0. The van der Waals surface area contributed by atoms with E-state index in [-0.39, 0.29) is 6.61 Å². The molecular formula is C17H16F2O4. The summed E-state index contributed by atoms with van der Waals surface area (Å²) >= 11 is 0. The first-order chi connectivity index (χ1) is 10.9. The lowest BCUT2D eigenvalue weighted by Crippen LogP contribution is -2.39. The zero-order valence-corrected chi connectivity index (χ0v) is 12.4. The van der Waals surface area contributed by atoms with E-state index in [4.69, 9.17) is 4.74 Å². The van der Waals surface area contributed by atoms with Crippen LogP contribution in [0.2, 0.25) is 0 Å². The van der Waals surface area contributed by atoms with E-state index < -0.39 is 23.6 Å². The first kappa shape index (κ1) is 16.9. The average Bonchev–Trinajstić information content (AvgIpc) is 2.56. The summed E-state index contributed by atoms with van der Waals surface area (Å²) in [6.07, 6.45) is -2.55. The fourth-order valence-electron chi connectivity index (χ4n) is 1.90. The molecule has 0 bridgehead atoms. The second-order valence-corrected chi connectivity index (χ2v) is 4.72. The van der Waals surface area contributed by atoms with Gasteiger partial charge in [-0.05, 0) is 43.3 Å². The molecule has 0 aliphatic carbocycles. The second kappa shape index (κ2) is 7.19. The molecule has 6 heteroatoms. The van der Waals surface area contributed by atoms with Gasteiger partial charge in [0.1, 0.15) is 11.5 Å². The molecule has 0 saturated carbocycles. The topological polar surface area (TPSA) is 55.8 Å². The number of ether oxygens (including phenoxy) is 2. The number of rotatable bonds is 6. The predicted octanol–water partition coefficient (Wildman–Crippen LogP) is 3.49. The van der Waals surface area contributed by atoms with Gasteiger partial charge in [-0.25, -0.2) is 4.79 Å². The van der Waals surface area contributed by atoms with E-state index in [9.17, 15) is 18.7 Å². The van der Waals surface area contributed by atoms with Crippen molar-refractivity contribution < 1.29 is 28.2 Å². The lowest BCUT2D eigenvalue weighted by atomic mass is 10.0. The molecule has 1 atom stereocenters. The highest BCUT2D eigenvalue weighted by molar-refractivity contribution is 5.76. The molecule has 23 heavy (non-hydrogen) atoms. The van der Waals surface area contributed by atoms with Crippen molar-refractivity contribution in [3.8, 4) is 11.5 Å². The number of hydrogen-bond donors (Lipinski definition) is 1. The van der Waals surface area contributed by atoms with Crippen LogP contribution in [0.15, 0.2) is 54.6 Å². The number of carbonyl (C=O) groups excluding carboxylic acids is 1. The van der Waals surface area contributed by atoms with Crippen LogP contribution >= 0.6 is 0 Å². The zero-order chi connectivity index (χ0) is 16.9. The number of aliphatic hydroxyl groups is 1. The average molecular weight is 322 g/mol. The van der Waals surface area contributed by atoms with Crippen molar-refractivity contribution >= 4 is 5.97 Å². The molecule has 2 aromatic rings. The van der Waals surface area contributed by atoms with E-state index in [2.05, 4.69) is 4.74 Å². The molecule has 0 saturated heterocycles. The summed E-state index contributed by atoms with van der Waals surface area (Å²) in [5, 5.41) is 9.48. The minimum Gasteiger partial charge on any atom is -0.464 e. The van der Waals surface area contributed by atoms with Crippen LogP contribution in [0.25, 0.3) is 0 Å². The van der Waals surface area contributed by atoms with Gasteiger partial charge in [0.2, 0.25) is 6.10 Å². The molecule has 2 aromatic carbocycles. The molecule has 0 aliphatic rings. The third-order valence-electron chi connectivity index (χ3n) is 3.07. The summed E-state index contributed by atoms with van der Waals surface area (Å²) in [5.41, 5.74) is -0.501. The Kier molecular flexibility index (Phi) is 5.28. The molecular weight excluding hydrogens is 306 g/mol. The van der Waals surface area contributed by atoms with Crippen molar-refractivity contribution in [1.29, 1.82) is 0 Å². The molecule has 122 valence electrons. The summed E-state index contributed by atoms with van der Waals surface area (Å²) in [4.78, 5) is 11.3. The number of halogens is 2. The van der Waals surface area contributed by atoms with Gasteiger partial charge in [0.15, 0.2) is 0 Å². The zero-order valence-electron chi connectivity index (χ0n) is 12.4. The highest BCUT2D eigenvalue weighted by Crippen LogP contribution is 2.34. The molecule has 0 fully saturated rings. The number of para-hydroxylation sites is 1. The molecule has 0 spiro atoms. The van der Waals surface area contributed by atoms with E-state index in [1.165, 1.54) is 19.1 Å². The van der Waals surface area contributed by atoms with Crippen molar-refractivity contribution in [2.24, 2.45) is 0 Å². The van der Waals surface area contributed by atoms with Crippen molar-refractivity contribution in [3.63, 3.8) is 0 Å². The number of benzene rings is 2. The number of hydrogen-bond acceptors (Lipinski definition) is 4. The standard InChI is InChI=1S/C17H16F2O4/c1-2-22-16(21)15(20)17(18,19)12-8-10-14(11-9-12)23-13-6-4-3-5-7-13/h3-11,15,20H,2H2,1H3. The van der Waals surface area contributed by atoms with E-state index in [1.807, 2.05) is 6.07 Å². The largest absolute Gasteiger partial charge is 0.464 e. The van der Waals surface area contributed by atoms with E-state index in [0.717, 1.165) is 12.1 Å². The monoisotopic (exact) mass is 322 g/mol. The summed E-state index contributed by atoms with van der Waals surface area (Å²) in [6.45, 7) is 1.38. The second-order valence-electron chi connectivity index (χ2n) is 4.72. The molecule has 4 nitrogen and oxygen atoms in total. The van der Waals surface area contributed by atoms with E-state index in [1.54, 1.807) is 24.3 Å². The Morgan fingerprint density at radius 2 is 1.65 bits per heavy atom. The third kappa shape index (κ3) is 4.04. The van der Waals surface area contributed by atoms with E-state index in [0.29, 0.717) is 11.5 Å². The van der Waals surface area contributed by atoms with Gasteiger partial charge in [-0.2, -0.15) is 8.78 Å². The maximum absolute atomic E-state index is 14.1. The number of carbonyl (C=O) groups is 1. The van der Waals surface area contributed by atoms with Gasteiger partial charge in [-0.3, -0.25) is 0 Å². The van der Waals surface area contributed by atoms with Crippen LogP contribution in [-0.4, -0.2) is 23.8 Å². The van der Waals surface area contributed by atoms with Gasteiger partial charge in [-0.1, -0.05) is 18.2 Å². The Morgan fingerprint density at radius 1 is 1.09 bits per heavy atom.